The predicted octanol–water partition coefficient (Wildman–Crippen LogP) is 3.67. The SMILES string of the molecule is CCCC1(C(=O)O)CCCN(CCCCC(C)(C)C#N)C1. The summed E-state index contributed by atoms with van der Waals surface area (Å²) in [5.41, 5.74) is -0.770. The fraction of sp³-hybridized carbons (Fsp3) is 0.882. The van der Waals surface area contributed by atoms with Gasteiger partial charge in [-0.05, 0) is 59.0 Å². The number of aliphatic carboxylic acids is 1. The van der Waals surface area contributed by atoms with Crippen LogP contribution in [-0.2, 0) is 4.79 Å². The van der Waals surface area contributed by atoms with Crippen LogP contribution in [0.25, 0.3) is 0 Å². The number of unbranched alkanes of at least 4 members (excludes halogenated alkanes) is 1. The summed E-state index contributed by atoms with van der Waals surface area (Å²) in [6.45, 7) is 8.68. The van der Waals surface area contributed by atoms with Crippen LogP contribution in [0.15, 0.2) is 0 Å². The Kier molecular flexibility index (Phi) is 6.67. The molecule has 1 rings (SSSR count). The van der Waals surface area contributed by atoms with E-state index in [9.17, 15) is 9.90 Å². The molecule has 0 aromatic heterocycles. The first kappa shape index (κ1) is 18.0. The highest BCUT2D eigenvalue weighted by Crippen LogP contribution is 2.35. The van der Waals surface area contributed by atoms with Gasteiger partial charge in [0.25, 0.3) is 0 Å². The Morgan fingerprint density at radius 1 is 1.43 bits per heavy atom. The molecule has 120 valence electrons. The van der Waals surface area contributed by atoms with Crippen LogP contribution in [0.1, 0.15) is 65.7 Å². The normalized spacial score (nSPS) is 23.7. The predicted molar refractivity (Wildman–Crippen MR) is 83.9 cm³/mol. The van der Waals surface area contributed by atoms with E-state index in [1.165, 1.54) is 0 Å². The lowest BCUT2D eigenvalue weighted by molar-refractivity contribution is -0.153. The maximum absolute atomic E-state index is 11.6. The molecule has 0 bridgehead atoms. The monoisotopic (exact) mass is 294 g/mol. The fourth-order valence-corrected chi connectivity index (χ4v) is 3.34. The van der Waals surface area contributed by atoms with Crippen molar-refractivity contribution in [3.8, 4) is 6.07 Å². The first-order valence-electron chi connectivity index (χ1n) is 8.22. The second-order valence-electron chi connectivity index (χ2n) is 7.17. The lowest BCUT2D eigenvalue weighted by Gasteiger charge is -2.40. The van der Waals surface area contributed by atoms with Crippen LogP contribution in [0.3, 0.4) is 0 Å². The van der Waals surface area contributed by atoms with Gasteiger partial charge in [0.05, 0.1) is 16.9 Å². The van der Waals surface area contributed by atoms with Crippen molar-refractivity contribution in [2.45, 2.75) is 65.7 Å². The highest BCUT2D eigenvalue weighted by Gasteiger charge is 2.41. The lowest BCUT2D eigenvalue weighted by Crippen LogP contribution is -2.48. The highest BCUT2D eigenvalue weighted by molar-refractivity contribution is 5.75. The minimum absolute atomic E-state index is 0.241. The van der Waals surface area contributed by atoms with E-state index < -0.39 is 11.4 Å². The van der Waals surface area contributed by atoms with Crippen molar-refractivity contribution in [2.75, 3.05) is 19.6 Å². The van der Waals surface area contributed by atoms with Gasteiger partial charge in [0, 0.05) is 6.54 Å². The molecule has 4 nitrogen and oxygen atoms in total. The zero-order valence-corrected chi connectivity index (χ0v) is 13.8. The molecule has 0 amide bonds. The molecule has 0 radical (unpaired) electrons. The lowest BCUT2D eigenvalue weighted by atomic mass is 9.76. The molecule has 1 aliphatic rings. The van der Waals surface area contributed by atoms with E-state index in [0.717, 1.165) is 58.0 Å². The number of likely N-dealkylation sites (tertiary alicyclic amines) is 1. The maximum atomic E-state index is 11.6. The molecule has 1 aliphatic heterocycles. The standard InChI is InChI=1S/C17H30N2O2/c1-4-8-17(15(20)21)10-7-12-19(14-17)11-6-5-9-16(2,3)13-18/h4-12,14H2,1-3H3,(H,20,21). The number of piperidine rings is 1. The minimum atomic E-state index is -0.625. The molecule has 1 N–H and O–H groups in total. The van der Waals surface area contributed by atoms with Crippen LogP contribution in [0, 0.1) is 22.2 Å². The van der Waals surface area contributed by atoms with Crippen LogP contribution >= 0.6 is 0 Å². The van der Waals surface area contributed by atoms with E-state index in [2.05, 4.69) is 17.9 Å². The Labute approximate surface area is 129 Å². The van der Waals surface area contributed by atoms with Gasteiger partial charge in [0.1, 0.15) is 0 Å². The maximum Gasteiger partial charge on any atom is 0.310 e. The van der Waals surface area contributed by atoms with Gasteiger partial charge in [-0.2, -0.15) is 5.26 Å². The number of hydrogen-bond acceptors (Lipinski definition) is 3. The fourth-order valence-electron chi connectivity index (χ4n) is 3.34. The van der Waals surface area contributed by atoms with Crippen molar-refractivity contribution < 1.29 is 9.90 Å². The average Bonchev–Trinajstić information content (AvgIpc) is 2.44. The molecule has 0 aromatic carbocycles. The third-order valence-corrected chi connectivity index (χ3v) is 4.67. The quantitative estimate of drug-likeness (QED) is 0.694. The number of hydrogen-bond donors (Lipinski definition) is 1. The van der Waals surface area contributed by atoms with Gasteiger partial charge >= 0.3 is 5.97 Å². The molecular weight excluding hydrogens is 264 g/mol. The number of nitriles is 1. The third kappa shape index (κ3) is 5.32. The summed E-state index contributed by atoms with van der Waals surface area (Å²) in [5.74, 6) is -0.625. The van der Waals surface area contributed by atoms with Gasteiger partial charge in [-0.3, -0.25) is 4.79 Å². The van der Waals surface area contributed by atoms with E-state index in [-0.39, 0.29) is 5.41 Å². The molecule has 0 aliphatic carbocycles. The molecule has 1 saturated heterocycles. The summed E-state index contributed by atoms with van der Waals surface area (Å²) in [5, 5.41) is 18.6. The summed E-state index contributed by atoms with van der Waals surface area (Å²) in [7, 11) is 0. The summed E-state index contributed by atoms with van der Waals surface area (Å²) in [6.07, 6.45) is 6.50. The van der Waals surface area contributed by atoms with Gasteiger partial charge in [-0.15, -0.1) is 0 Å². The molecule has 1 atom stereocenters. The van der Waals surface area contributed by atoms with Crippen LogP contribution in [0.4, 0.5) is 0 Å². The molecule has 1 heterocycles. The number of nitrogens with zero attached hydrogens (tertiary/aromatic N) is 2. The van der Waals surface area contributed by atoms with E-state index in [4.69, 9.17) is 5.26 Å². The van der Waals surface area contributed by atoms with Gasteiger partial charge in [-0.25, -0.2) is 0 Å². The van der Waals surface area contributed by atoms with E-state index >= 15 is 0 Å². The number of carbonyl (C=O) groups is 1. The first-order valence-corrected chi connectivity index (χ1v) is 8.22. The van der Waals surface area contributed by atoms with E-state index in [1.807, 2.05) is 13.8 Å². The Morgan fingerprint density at radius 3 is 2.71 bits per heavy atom. The zero-order valence-electron chi connectivity index (χ0n) is 13.8. The zero-order chi connectivity index (χ0) is 15.9. The minimum Gasteiger partial charge on any atom is -0.481 e. The van der Waals surface area contributed by atoms with Crippen LogP contribution in [0.2, 0.25) is 0 Å². The van der Waals surface area contributed by atoms with Crippen LogP contribution < -0.4 is 0 Å². The first-order chi connectivity index (χ1) is 9.85. The summed E-state index contributed by atoms with van der Waals surface area (Å²) in [4.78, 5) is 14.0. The van der Waals surface area contributed by atoms with Crippen molar-refractivity contribution in [1.82, 2.24) is 4.90 Å². The Balaban J connectivity index is 2.43. The Morgan fingerprint density at radius 2 is 2.14 bits per heavy atom. The van der Waals surface area contributed by atoms with Gasteiger partial charge in [0.2, 0.25) is 0 Å². The number of carboxylic acid groups (broad SMARTS) is 1. The van der Waals surface area contributed by atoms with Crippen LogP contribution in [-0.4, -0.2) is 35.6 Å². The number of rotatable bonds is 8. The molecule has 1 fully saturated rings. The summed E-state index contributed by atoms with van der Waals surface area (Å²) < 4.78 is 0. The van der Waals surface area contributed by atoms with Gasteiger partial charge in [0.15, 0.2) is 0 Å². The van der Waals surface area contributed by atoms with Crippen molar-refractivity contribution in [2.24, 2.45) is 10.8 Å². The molecule has 4 heteroatoms. The number of carboxylic acids is 1. The van der Waals surface area contributed by atoms with Gasteiger partial charge < -0.3 is 10.0 Å². The largest absolute Gasteiger partial charge is 0.481 e. The molecule has 0 aromatic rings. The summed E-state index contributed by atoms with van der Waals surface area (Å²) in [6, 6.07) is 2.33. The Hall–Kier alpha value is -1.08. The topological polar surface area (TPSA) is 64.3 Å². The third-order valence-electron chi connectivity index (χ3n) is 4.67. The molecule has 0 saturated carbocycles. The van der Waals surface area contributed by atoms with E-state index in [1.54, 1.807) is 0 Å². The second kappa shape index (κ2) is 7.79. The average molecular weight is 294 g/mol. The van der Waals surface area contributed by atoms with Gasteiger partial charge in [-0.1, -0.05) is 19.8 Å². The van der Waals surface area contributed by atoms with Crippen molar-refractivity contribution in [3.05, 3.63) is 0 Å². The van der Waals surface area contributed by atoms with Crippen molar-refractivity contribution in [3.63, 3.8) is 0 Å². The van der Waals surface area contributed by atoms with Crippen molar-refractivity contribution >= 4 is 5.97 Å². The second-order valence-corrected chi connectivity index (χ2v) is 7.17. The molecule has 0 spiro atoms. The Bertz CT molecular complexity index is 383. The highest BCUT2D eigenvalue weighted by atomic mass is 16.4. The summed E-state index contributed by atoms with van der Waals surface area (Å²) >= 11 is 0. The molecular formula is C17H30N2O2. The molecule has 1 unspecified atom stereocenters. The smallest absolute Gasteiger partial charge is 0.310 e. The van der Waals surface area contributed by atoms with Crippen molar-refractivity contribution in [1.29, 1.82) is 5.26 Å². The molecule has 21 heavy (non-hydrogen) atoms. The van der Waals surface area contributed by atoms with Crippen LogP contribution in [0.5, 0.6) is 0 Å². The van der Waals surface area contributed by atoms with E-state index in [0.29, 0.717) is 6.54 Å².